The van der Waals surface area contributed by atoms with Crippen LogP contribution in [0.5, 0.6) is 5.75 Å². The zero-order valence-corrected chi connectivity index (χ0v) is 19.0. The Morgan fingerprint density at radius 2 is 2.10 bits per heavy atom. The molecule has 0 spiro atoms. The lowest BCUT2D eigenvalue weighted by molar-refractivity contribution is 0.116. The Labute approximate surface area is 187 Å². The van der Waals surface area contributed by atoms with E-state index in [1.807, 2.05) is 18.5 Å². The van der Waals surface area contributed by atoms with Crippen LogP contribution in [0.3, 0.4) is 0 Å². The number of benzene rings is 2. The van der Waals surface area contributed by atoms with Crippen molar-refractivity contribution in [3.8, 4) is 5.75 Å². The molecule has 4 aromatic rings. The van der Waals surface area contributed by atoms with Crippen LogP contribution in [0.1, 0.15) is 31.2 Å². The van der Waals surface area contributed by atoms with Crippen LogP contribution in [-0.4, -0.2) is 38.9 Å². The number of rotatable bonds is 5. The molecule has 30 heavy (non-hydrogen) atoms. The van der Waals surface area contributed by atoms with Crippen molar-refractivity contribution < 1.29 is 9.84 Å². The summed E-state index contributed by atoms with van der Waals surface area (Å²) in [5, 5.41) is 14.6. The summed E-state index contributed by atoms with van der Waals surface area (Å²) < 4.78 is 9.57. The number of aromatic nitrogens is 3. The van der Waals surface area contributed by atoms with Crippen molar-refractivity contribution in [1.82, 2.24) is 14.5 Å². The lowest BCUT2D eigenvalue weighted by Crippen LogP contribution is -2.36. The summed E-state index contributed by atoms with van der Waals surface area (Å²) >= 11 is 5.21. The fourth-order valence-corrected chi connectivity index (χ4v) is 5.59. The van der Waals surface area contributed by atoms with Gasteiger partial charge in [0.05, 0.1) is 51.3 Å². The lowest BCUT2D eigenvalue weighted by Gasteiger charge is -2.27. The Morgan fingerprint density at radius 1 is 1.23 bits per heavy atom. The Hall–Kier alpha value is -2.16. The minimum Gasteiger partial charge on any atom is -0.495 e. The van der Waals surface area contributed by atoms with E-state index in [0.29, 0.717) is 0 Å². The number of nitrogens with one attached hydrogen (secondary N) is 1. The van der Waals surface area contributed by atoms with Gasteiger partial charge in [-0.05, 0) is 52.5 Å². The molecule has 0 saturated heterocycles. The molecule has 2 N–H and O–H groups in total. The number of anilines is 1. The minimum absolute atomic E-state index is 0.103. The maximum atomic E-state index is 10.2. The lowest BCUT2D eigenvalue weighted by atomic mass is 9.93. The molecule has 0 radical (unpaired) electrons. The fourth-order valence-electron chi connectivity index (χ4n) is 4.11. The van der Waals surface area contributed by atoms with Crippen LogP contribution in [0.4, 0.5) is 5.13 Å². The predicted molar refractivity (Wildman–Crippen MR) is 125 cm³/mol. The largest absolute Gasteiger partial charge is 0.495 e. The van der Waals surface area contributed by atoms with E-state index in [0.717, 1.165) is 68.8 Å². The third-order valence-corrected chi connectivity index (χ3v) is 7.31. The molecule has 0 aliphatic heterocycles. The normalized spacial score (nSPS) is 19.4. The van der Waals surface area contributed by atoms with Gasteiger partial charge in [-0.25, -0.2) is 9.97 Å². The van der Waals surface area contributed by atoms with Crippen LogP contribution < -0.4 is 10.1 Å². The van der Waals surface area contributed by atoms with Crippen LogP contribution in [0.15, 0.2) is 41.1 Å². The molecule has 8 heteroatoms. The van der Waals surface area contributed by atoms with Crippen LogP contribution in [0.25, 0.3) is 21.3 Å². The van der Waals surface area contributed by atoms with Crippen LogP contribution in [0.2, 0.25) is 0 Å². The SMILES string of the molecule is COc1cc2ncn(Cc3ccc4nc(NC5CCCCC5O)sc4c3)c2cc1Br. The second-order valence-corrected chi connectivity index (χ2v) is 9.66. The van der Waals surface area contributed by atoms with Crippen molar-refractivity contribution in [2.24, 2.45) is 0 Å². The smallest absolute Gasteiger partial charge is 0.184 e. The molecule has 2 atom stereocenters. The van der Waals surface area contributed by atoms with Gasteiger partial charge < -0.3 is 19.7 Å². The first kappa shape index (κ1) is 19.8. The quantitative estimate of drug-likeness (QED) is 0.406. The number of ether oxygens (including phenoxy) is 1. The Morgan fingerprint density at radius 3 is 2.93 bits per heavy atom. The van der Waals surface area contributed by atoms with E-state index < -0.39 is 0 Å². The van der Waals surface area contributed by atoms with E-state index in [-0.39, 0.29) is 12.1 Å². The highest BCUT2D eigenvalue weighted by Gasteiger charge is 2.23. The summed E-state index contributed by atoms with van der Waals surface area (Å²) in [7, 11) is 1.66. The first-order valence-corrected chi connectivity index (χ1v) is 11.7. The second kappa shape index (κ2) is 8.17. The van der Waals surface area contributed by atoms with Gasteiger partial charge in [0.15, 0.2) is 5.13 Å². The summed E-state index contributed by atoms with van der Waals surface area (Å²) in [4.78, 5) is 9.24. The molecule has 0 amide bonds. The van der Waals surface area contributed by atoms with Gasteiger partial charge in [-0.1, -0.05) is 30.2 Å². The van der Waals surface area contributed by atoms with Gasteiger partial charge in [0, 0.05) is 12.6 Å². The number of fused-ring (bicyclic) bond motifs is 2. The first-order chi connectivity index (χ1) is 14.6. The van der Waals surface area contributed by atoms with Crippen molar-refractivity contribution in [3.63, 3.8) is 0 Å². The van der Waals surface area contributed by atoms with Crippen molar-refractivity contribution >= 4 is 53.6 Å². The van der Waals surface area contributed by atoms with Gasteiger partial charge in [0.25, 0.3) is 0 Å². The van der Waals surface area contributed by atoms with Crippen LogP contribution in [-0.2, 0) is 6.54 Å². The number of imidazole rings is 1. The monoisotopic (exact) mass is 486 g/mol. The summed E-state index contributed by atoms with van der Waals surface area (Å²) in [5.74, 6) is 0.780. The summed E-state index contributed by atoms with van der Waals surface area (Å²) in [6, 6.07) is 10.5. The molecule has 6 nitrogen and oxygen atoms in total. The molecule has 2 aromatic carbocycles. The summed E-state index contributed by atoms with van der Waals surface area (Å²) in [6.07, 6.45) is 5.71. The predicted octanol–water partition coefficient (Wildman–Crippen LogP) is 5.18. The minimum atomic E-state index is -0.284. The Bertz CT molecular complexity index is 1200. The fraction of sp³-hybridized carbons (Fsp3) is 0.364. The highest BCUT2D eigenvalue weighted by Crippen LogP contribution is 2.32. The summed E-state index contributed by atoms with van der Waals surface area (Å²) in [5.41, 5.74) is 4.15. The molecular formula is C22H23BrN4O2S. The third-order valence-electron chi connectivity index (χ3n) is 5.74. The van der Waals surface area contributed by atoms with E-state index in [4.69, 9.17) is 9.72 Å². The Balaban J connectivity index is 1.39. The van der Waals surface area contributed by atoms with Gasteiger partial charge in [-0.2, -0.15) is 0 Å². The average Bonchev–Trinajstić information content (AvgIpc) is 3.32. The van der Waals surface area contributed by atoms with Crippen LogP contribution in [0, 0.1) is 0 Å². The topological polar surface area (TPSA) is 72.2 Å². The molecule has 0 bridgehead atoms. The molecule has 1 fully saturated rings. The summed E-state index contributed by atoms with van der Waals surface area (Å²) in [6.45, 7) is 0.729. The Kier molecular flexibility index (Phi) is 5.39. The van der Waals surface area contributed by atoms with Gasteiger partial charge in [0.2, 0.25) is 0 Å². The van der Waals surface area contributed by atoms with E-state index in [1.54, 1.807) is 18.4 Å². The molecule has 1 aliphatic carbocycles. The number of thiazole rings is 1. The number of hydrogen-bond donors (Lipinski definition) is 2. The molecule has 156 valence electrons. The third kappa shape index (κ3) is 3.79. The molecule has 2 heterocycles. The van der Waals surface area contributed by atoms with Crippen LogP contribution >= 0.6 is 27.3 Å². The van der Waals surface area contributed by atoms with Gasteiger partial charge in [-0.15, -0.1) is 0 Å². The van der Waals surface area contributed by atoms with Crippen molar-refractivity contribution in [1.29, 1.82) is 0 Å². The number of aliphatic hydroxyl groups excluding tert-OH is 1. The second-order valence-electron chi connectivity index (χ2n) is 7.77. The van der Waals surface area contributed by atoms with Crippen molar-refractivity contribution in [2.75, 3.05) is 12.4 Å². The number of methoxy groups -OCH3 is 1. The molecule has 2 aromatic heterocycles. The van der Waals surface area contributed by atoms with E-state index in [1.165, 1.54) is 5.56 Å². The van der Waals surface area contributed by atoms with Gasteiger partial charge in [-0.3, -0.25) is 0 Å². The van der Waals surface area contributed by atoms with Gasteiger partial charge in [0.1, 0.15) is 5.75 Å². The standard InChI is InChI=1S/C22H23BrN4O2S/c1-29-20-10-17-18(9-14(20)23)27(12-24-17)11-13-6-7-16-21(8-13)30-22(26-16)25-15-4-2-3-5-19(15)28/h6-10,12,15,19,28H,2-5,11H2,1H3,(H,25,26). The number of hydrogen-bond acceptors (Lipinski definition) is 6. The average molecular weight is 487 g/mol. The zero-order chi connectivity index (χ0) is 20.7. The molecule has 2 unspecified atom stereocenters. The molecule has 1 aliphatic rings. The highest BCUT2D eigenvalue weighted by atomic mass is 79.9. The van der Waals surface area contributed by atoms with Crippen molar-refractivity contribution in [3.05, 3.63) is 46.7 Å². The molecule has 5 rings (SSSR count). The first-order valence-electron chi connectivity index (χ1n) is 10.1. The number of nitrogens with zero attached hydrogens (tertiary/aromatic N) is 3. The zero-order valence-electron chi connectivity index (χ0n) is 16.6. The number of aliphatic hydroxyl groups is 1. The maximum Gasteiger partial charge on any atom is 0.184 e. The van der Waals surface area contributed by atoms with E-state index in [9.17, 15) is 5.11 Å². The van der Waals surface area contributed by atoms with E-state index >= 15 is 0 Å². The maximum absolute atomic E-state index is 10.2. The molecular weight excluding hydrogens is 464 g/mol. The van der Waals surface area contributed by atoms with E-state index in [2.05, 4.69) is 49.0 Å². The van der Waals surface area contributed by atoms with Crippen molar-refractivity contribution in [2.45, 2.75) is 44.4 Å². The highest BCUT2D eigenvalue weighted by molar-refractivity contribution is 9.10. The number of halogens is 1. The molecule has 1 saturated carbocycles. The van der Waals surface area contributed by atoms with Gasteiger partial charge >= 0.3 is 0 Å².